The van der Waals surface area contributed by atoms with Crippen LogP contribution >= 0.6 is 0 Å². The molecule has 3 rings (SSSR count). The summed E-state index contributed by atoms with van der Waals surface area (Å²) in [6, 6.07) is 17.2. The van der Waals surface area contributed by atoms with Crippen molar-refractivity contribution < 1.29 is 27.4 Å². The van der Waals surface area contributed by atoms with Gasteiger partial charge in [0.2, 0.25) is 0 Å². The summed E-state index contributed by atoms with van der Waals surface area (Å²) in [5.41, 5.74) is 0.763. The molecule has 0 unspecified atom stereocenters. The third-order valence-electron chi connectivity index (χ3n) is 5.14. The molecule has 0 atom stereocenters. The van der Waals surface area contributed by atoms with Gasteiger partial charge < -0.3 is 14.8 Å². The first-order valence-corrected chi connectivity index (χ1v) is 10.4. The molecule has 0 bridgehead atoms. The largest absolute Gasteiger partial charge is 0.496 e. The van der Waals surface area contributed by atoms with Crippen LogP contribution in [0.25, 0.3) is 0 Å². The topological polar surface area (TPSA) is 47.6 Å². The number of hydrogen-bond donors (Lipinski definition) is 1. The van der Waals surface area contributed by atoms with Gasteiger partial charge in [0, 0.05) is 11.1 Å². The van der Waals surface area contributed by atoms with Crippen LogP contribution in [-0.2, 0) is 18.2 Å². The van der Waals surface area contributed by atoms with Crippen molar-refractivity contribution in [2.75, 3.05) is 12.4 Å². The zero-order chi connectivity index (χ0) is 24.2. The van der Waals surface area contributed by atoms with Crippen molar-refractivity contribution in [2.45, 2.75) is 39.0 Å². The van der Waals surface area contributed by atoms with Crippen LogP contribution < -0.4 is 14.8 Å². The lowest BCUT2D eigenvalue weighted by atomic mass is 9.87. The minimum absolute atomic E-state index is 0.0220. The molecule has 0 heterocycles. The van der Waals surface area contributed by atoms with E-state index in [1.807, 2.05) is 24.3 Å². The van der Waals surface area contributed by atoms with Crippen molar-refractivity contribution in [2.24, 2.45) is 0 Å². The van der Waals surface area contributed by atoms with E-state index in [4.69, 9.17) is 9.47 Å². The van der Waals surface area contributed by atoms with Crippen molar-refractivity contribution >= 4 is 11.6 Å². The molecule has 1 amide bonds. The van der Waals surface area contributed by atoms with Crippen molar-refractivity contribution in [3.05, 3.63) is 89.0 Å². The van der Waals surface area contributed by atoms with Crippen molar-refractivity contribution in [3.63, 3.8) is 0 Å². The Balaban J connectivity index is 1.78. The van der Waals surface area contributed by atoms with E-state index in [0.717, 1.165) is 6.07 Å². The molecule has 0 aliphatic heterocycles. The van der Waals surface area contributed by atoms with Crippen LogP contribution in [0.1, 0.15) is 47.8 Å². The lowest BCUT2D eigenvalue weighted by Gasteiger charge is -2.19. The Labute approximate surface area is 191 Å². The molecule has 0 aliphatic carbocycles. The number of amides is 1. The van der Waals surface area contributed by atoms with Gasteiger partial charge in [-0.3, -0.25) is 4.79 Å². The standard InChI is InChI=1S/C26H26F3NO3/c1-25(2,3)19-10-12-20(13-11-19)33-16-18-15-17(9-14-23(18)32-4)24(31)30-22-8-6-5-7-21(22)26(27,28)29/h5-15H,16H2,1-4H3,(H,30,31). The normalized spacial score (nSPS) is 11.7. The highest BCUT2D eigenvalue weighted by atomic mass is 19.4. The van der Waals surface area contributed by atoms with E-state index in [2.05, 4.69) is 26.1 Å². The summed E-state index contributed by atoms with van der Waals surface area (Å²) in [5.74, 6) is 0.498. The summed E-state index contributed by atoms with van der Waals surface area (Å²) in [5, 5.41) is 2.35. The second-order valence-electron chi connectivity index (χ2n) is 8.59. The molecule has 0 saturated heterocycles. The summed E-state index contributed by atoms with van der Waals surface area (Å²) in [6.45, 7) is 6.49. The van der Waals surface area contributed by atoms with Crippen LogP contribution in [-0.4, -0.2) is 13.0 Å². The molecule has 0 aliphatic rings. The number of benzene rings is 3. The molecule has 174 valence electrons. The van der Waals surface area contributed by atoms with Crippen molar-refractivity contribution in [1.29, 1.82) is 0 Å². The van der Waals surface area contributed by atoms with Crippen LogP contribution in [0.5, 0.6) is 11.5 Å². The van der Waals surface area contributed by atoms with Gasteiger partial charge in [0.05, 0.1) is 18.4 Å². The maximum absolute atomic E-state index is 13.2. The Kier molecular flexibility index (Phi) is 7.01. The number of ether oxygens (including phenoxy) is 2. The van der Waals surface area contributed by atoms with Gasteiger partial charge in [-0.2, -0.15) is 13.2 Å². The molecular formula is C26H26F3NO3. The Morgan fingerprint density at radius 2 is 1.61 bits per heavy atom. The number of carbonyl (C=O) groups excluding carboxylic acids is 1. The summed E-state index contributed by atoms with van der Waals surface area (Å²) in [7, 11) is 1.50. The van der Waals surface area contributed by atoms with E-state index in [9.17, 15) is 18.0 Å². The molecule has 3 aromatic rings. The smallest absolute Gasteiger partial charge is 0.418 e. The van der Waals surface area contributed by atoms with Gasteiger partial charge in [-0.05, 0) is 53.4 Å². The maximum atomic E-state index is 13.2. The van der Waals surface area contributed by atoms with Crippen LogP contribution in [0.3, 0.4) is 0 Å². The van der Waals surface area contributed by atoms with Gasteiger partial charge in [-0.15, -0.1) is 0 Å². The summed E-state index contributed by atoms with van der Waals surface area (Å²) >= 11 is 0. The average molecular weight is 457 g/mol. The van der Waals surface area contributed by atoms with Gasteiger partial charge >= 0.3 is 6.18 Å². The molecule has 0 fully saturated rings. The van der Waals surface area contributed by atoms with Gasteiger partial charge in [-0.25, -0.2) is 0 Å². The molecule has 0 radical (unpaired) electrons. The SMILES string of the molecule is COc1ccc(C(=O)Nc2ccccc2C(F)(F)F)cc1COc1ccc(C(C)(C)C)cc1. The zero-order valence-corrected chi connectivity index (χ0v) is 18.9. The lowest BCUT2D eigenvalue weighted by Crippen LogP contribution is -2.17. The number of alkyl halides is 3. The second-order valence-corrected chi connectivity index (χ2v) is 8.59. The first-order valence-electron chi connectivity index (χ1n) is 10.4. The zero-order valence-electron chi connectivity index (χ0n) is 18.9. The first kappa shape index (κ1) is 24.2. The van der Waals surface area contributed by atoms with Crippen molar-refractivity contribution in [3.8, 4) is 11.5 Å². The third kappa shape index (κ3) is 6.06. The van der Waals surface area contributed by atoms with Crippen LogP contribution in [0.2, 0.25) is 0 Å². The molecule has 0 spiro atoms. The minimum Gasteiger partial charge on any atom is -0.496 e. The van der Waals surface area contributed by atoms with E-state index in [1.54, 1.807) is 12.1 Å². The van der Waals surface area contributed by atoms with Crippen LogP contribution in [0, 0.1) is 0 Å². The van der Waals surface area contributed by atoms with E-state index in [1.165, 1.54) is 36.9 Å². The number of halogens is 3. The summed E-state index contributed by atoms with van der Waals surface area (Å²) < 4.78 is 50.9. The fourth-order valence-electron chi connectivity index (χ4n) is 3.28. The molecule has 1 N–H and O–H groups in total. The predicted octanol–water partition coefficient (Wildman–Crippen LogP) is 6.84. The van der Waals surface area contributed by atoms with Gasteiger partial charge in [0.25, 0.3) is 5.91 Å². The number of hydrogen-bond acceptors (Lipinski definition) is 3. The molecular weight excluding hydrogens is 431 g/mol. The van der Waals surface area contributed by atoms with E-state index < -0.39 is 17.6 Å². The first-order chi connectivity index (χ1) is 15.5. The number of carbonyl (C=O) groups is 1. The van der Waals surface area contributed by atoms with Crippen molar-refractivity contribution in [1.82, 2.24) is 0 Å². The third-order valence-corrected chi connectivity index (χ3v) is 5.14. The fraction of sp³-hybridized carbons (Fsp3) is 0.269. The number of rotatable bonds is 6. The molecule has 0 aromatic heterocycles. The van der Waals surface area contributed by atoms with E-state index in [0.29, 0.717) is 17.1 Å². The molecule has 0 saturated carbocycles. The quantitative estimate of drug-likeness (QED) is 0.441. The number of nitrogens with one attached hydrogen (secondary N) is 1. The Bertz CT molecular complexity index is 1120. The van der Waals surface area contributed by atoms with Gasteiger partial charge in [-0.1, -0.05) is 45.0 Å². The summed E-state index contributed by atoms with van der Waals surface area (Å²) in [4.78, 5) is 12.7. The van der Waals surface area contributed by atoms with Crippen LogP contribution in [0.15, 0.2) is 66.7 Å². The highest BCUT2D eigenvalue weighted by Crippen LogP contribution is 2.35. The van der Waals surface area contributed by atoms with Gasteiger partial charge in [0.1, 0.15) is 18.1 Å². The summed E-state index contributed by atoms with van der Waals surface area (Å²) in [6.07, 6.45) is -4.58. The molecule has 3 aromatic carbocycles. The monoisotopic (exact) mass is 457 g/mol. The Hall–Kier alpha value is -3.48. The molecule has 7 heteroatoms. The van der Waals surface area contributed by atoms with Crippen LogP contribution in [0.4, 0.5) is 18.9 Å². The Morgan fingerprint density at radius 3 is 2.21 bits per heavy atom. The number of para-hydroxylation sites is 1. The number of methoxy groups -OCH3 is 1. The fourth-order valence-corrected chi connectivity index (χ4v) is 3.28. The predicted molar refractivity (Wildman–Crippen MR) is 122 cm³/mol. The highest BCUT2D eigenvalue weighted by molar-refractivity contribution is 6.05. The second kappa shape index (κ2) is 9.57. The van der Waals surface area contributed by atoms with E-state index in [-0.39, 0.29) is 23.3 Å². The molecule has 33 heavy (non-hydrogen) atoms. The average Bonchev–Trinajstić information content (AvgIpc) is 2.76. The Morgan fingerprint density at radius 1 is 0.939 bits per heavy atom. The lowest BCUT2D eigenvalue weighted by molar-refractivity contribution is -0.136. The maximum Gasteiger partial charge on any atom is 0.418 e. The van der Waals surface area contributed by atoms with E-state index >= 15 is 0 Å². The molecule has 4 nitrogen and oxygen atoms in total. The highest BCUT2D eigenvalue weighted by Gasteiger charge is 2.33. The number of anilines is 1. The van der Waals surface area contributed by atoms with Gasteiger partial charge in [0.15, 0.2) is 0 Å². The minimum atomic E-state index is -4.58.